The number of ether oxygens (including phenoxy) is 1. The SMILES string of the molecule is CCOC(=O)C1CCC(NC(=O)c2ncccc2N)CC1. The Bertz CT molecular complexity index is 511. The number of pyridine rings is 1. The third-order valence-corrected chi connectivity index (χ3v) is 3.74. The second kappa shape index (κ2) is 7.06. The van der Waals surface area contributed by atoms with Crippen LogP contribution in [0, 0.1) is 5.92 Å². The van der Waals surface area contributed by atoms with Gasteiger partial charge in [-0.05, 0) is 44.7 Å². The van der Waals surface area contributed by atoms with Gasteiger partial charge in [0.1, 0.15) is 0 Å². The van der Waals surface area contributed by atoms with Crippen LogP contribution in [0.5, 0.6) is 0 Å². The molecule has 6 heteroatoms. The molecule has 21 heavy (non-hydrogen) atoms. The molecular weight excluding hydrogens is 270 g/mol. The summed E-state index contributed by atoms with van der Waals surface area (Å²) in [5, 5.41) is 2.93. The van der Waals surface area contributed by atoms with Crippen LogP contribution in [0.1, 0.15) is 43.1 Å². The maximum absolute atomic E-state index is 12.1. The molecule has 1 aromatic heterocycles. The lowest BCUT2D eigenvalue weighted by Gasteiger charge is -2.27. The van der Waals surface area contributed by atoms with E-state index >= 15 is 0 Å². The number of nitrogen functional groups attached to an aromatic ring is 1. The molecule has 3 N–H and O–H groups in total. The molecular formula is C15H21N3O3. The number of carbonyl (C=O) groups excluding carboxylic acids is 2. The molecule has 0 aromatic carbocycles. The largest absolute Gasteiger partial charge is 0.466 e. The third-order valence-electron chi connectivity index (χ3n) is 3.74. The zero-order valence-corrected chi connectivity index (χ0v) is 12.2. The van der Waals surface area contributed by atoms with Crippen LogP contribution < -0.4 is 11.1 Å². The summed E-state index contributed by atoms with van der Waals surface area (Å²) in [6, 6.07) is 3.40. The molecule has 2 rings (SSSR count). The van der Waals surface area contributed by atoms with Gasteiger partial charge < -0.3 is 15.8 Å². The maximum Gasteiger partial charge on any atom is 0.308 e. The molecule has 0 spiro atoms. The first-order valence-electron chi connectivity index (χ1n) is 7.29. The molecule has 0 bridgehead atoms. The lowest BCUT2D eigenvalue weighted by atomic mass is 9.86. The van der Waals surface area contributed by atoms with Gasteiger partial charge in [-0.25, -0.2) is 4.98 Å². The van der Waals surface area contributed by atoms with Crippen molar-refractivity contribution < 1.29 is 14.3 Å². The minimum Gasteiger partial charge on any atom is -0.466 e. The third kappa shape index (κ3) is 3.93. The fraction of sp³-hybridized carbons (Fsp3) is 0.533. The summed E-state index contributed by atoms with van der Waals surface area (Å²) in [5.74, 6) is -0.429. The van der Waals surface area contributed by atoms with Crippen molar-refractivity contribution in [2.75, 3.05) is 12.3 Å². The van der Waals surface area contributed by atoms with E-state index in [1.54, 1.807) is 25.3 Å². The standard InChI is InChI=1S/C15H21N3O3/c1-2-21-15(20)10-5-7-11(8-6-10)18-14(19)13-12(16)4-3-9-17-13/h3-4,9-11H,2,5-8,16H2,1H3,(H,18,19). The second-order valence-corrected chi connectivity index (χ2v) is 5.22. The number of nitrogens with zero attached hydrogens (tertiary/aromatic N) is 1. The van der Waals surface area contributed by atoms with Crippen LogP contribution in [0.2, 0.25) is 0 Å². The van der Waals surface area contributed by atoms with Gasteiger partial charge in [0, 0.05) is 12.2 Å². The second-order valence-electron chi connectivity index (χ2n) is 5.22. The number of hydrogen-bond acceptors (Lipinski definition) is 5. The Hall–Kier alpha value is -2.11. The van der Waals surface area contributed by atoms with E-state index in [-0.39, 0.29) is 29.5 Å². The number of esters is 1. The van der Waals surface area contributed by atoms with Crippen molar-refractivity contribution in [1.82, 2.24) is 10.3 Å². The monoisotopic (exact) mass is 291 g/mol. The van der Waals surface area contributed by atoms with Gasteiger partial charge in [-0.1, -0.05) is 0 Å². The first-order valence-corrected chi connectivity index (χ1v) is 7.29. The van der Waals surface area contributed by atoms with Crippen LogP contribution in [-0.2, 0) is 9.53 Å². The van der Waals surface area contributed by atoms with Gasteiger partial charge >= 0.3 is 5.97 Å². The van der Waals surface area contributed by atoms with Crippen molar-refractivity contribution in [3.05, 3.63) is 24.0 Å². The highest BCUT2D eigenvalue weighted by molar-refractivity contribution is 5.97. The highest BCUT2D eigenvalue weighted by Crippen LogP contribution is 2.25. The zero-order chi connectivity index (χ0) is 15.2. The van der Waals surface area contributed by atoms with Crippen LogP contribution in [0.4, 0.5) is 5.69 Å². The predicted molar refractivity (Wildman–Crippen MR) is 78.5 cm³/mol. The Morgan fingerprint density at radius 3 is 2.71 bits per heavy atom. The van der Waals surface area contributed by atoms with Gasteiger partial charge in [0.05, 0.1) is 18.2 Å². The number of hydrogen-bond donors (Lipinski definition) is 2. The van der Waals surface area contributed by atoms with E-state index in [1.165, 1.54) is 0 Å². The lowest BCUT2D eigenvalue weighted by molar-refractivity contribution is -0.149. The number of nitrogens with one attached hydrogen (secondary N) is 1. The summed E-state index contributed by atoms with van der Waals surface area (Å²) in [6.07, 6.45) is 4.55. The fourth-order valence-corrected chi connectivity index (χ4v) is 2.59. The van der Waals surface area contributed by atoms with Gasteiger partial charge in [-0.3, -0.25) is 9.59 Å². The minimum atomic E-state index is -0.257. The zero-order valence-electron chi connectivity index (χ0n) is 12.2. The molecule has 1 amide bonds. The van der Waals surface area contributed by atoms with Crippen LogP contribution >= 0.6 is 0 Å². The Morgan fingerprint density at radius 1 is 1.38 bits per heavy atom. The summed E-state index contributed by atoms with van der Waals surface area (Å²) in [4.78, 5) is 27.8. The Kier molecular flexibility index (Phi) is 5.14. The first kappa shape index (κ1) is 15.3. The van der Waals surface area contributed by atoms with Crippen molar-refractivity contribution in [3.8, 4) is 0 Å². The van der Waals surface area contributed by atoms with Gasteiger partial charge in [0.15, 0.2) is 5.69 Å². The molecule has 1 aromatic rings. The van der Waals surface area contributed by atoms with E-state index in [2.05, 4.69) is 10.3 Å². The summed E-state index contributed by atoms with van der Waals surface area (Å²) in [7, 11) is 0. The van der Waals surface area contributed by atoms with Crippen molar-refractivity contribution in [3.63, 3.8) is 0 Å². The van der Waals surface area contributed by atoms with E-state index in [4.69, 9.17) is 10.5 Å². The Morgan fingerprint density at radius 2 is 2.10 bits per heavy atom. The quantitative estimate of drug-likeness (QED) is 0.820. The lowest BCUT2D eigenvalue weighted by Crippen LogP contribution is -2.39. The van der Waals surface area contributed by atoms with Crippen molar-refractivity contribution in [1.29, 1.82) is 0 Å². The van der Waals surface area contributed by atoms with Crippen molar-refractivity contribution in [2.24, 2.45) is 5.92 Å². The number of carbonyl (C=O) groups is 2. The van der Waals surface area contributed by atoms with E-state index in [0.29, 0.717) is 12.3 Å². The smallest absolute Gasteiger partial charge is 0.308 e. The molecule has 0 saturated heterocycles. The molecule has 0 atom stereocenters. The molecule has 1 saturated carbocycles. The number of nitrogens with two attached hydrogens (primary N) is 1. The van der Waals surface area contributed by atoms with Crippen LogP contribution in [0.3, 0.4) is 0 Å². The Balaban J connectivity index is 1.85. The van der Waals surface area contributed by atoms with Crippen LogP contribution in [0.15, 0.2) is 18.3 Å². The molecule has 1 aliphatic rings. The highest BCUT2D eigenvalue weighted by atomic mass is 16.5. The summed E-state index contributed by atoms with van der Waals surface area (Å²) >= 11 is 0. The average Bonchev–Trinajstić information content (AvgIpc) is 2.48. The van der Waals surface area contributed by atoms with Gasteiger partial charge in [0.25, 0.3) is 5.91 Å². The number of aromatic nitrogens is 1. The van der Waals surface area contributed by atoms with Gasteiger partial charge in [-0.2, -0.15) is 0 Å². The summed E-state index contributed by atoms with van der Waals surface area (Å²) in [6.45, 7) is 2.22. The van der Waals surface area contributed by atoms with E-state index in [1.807, 2.05) is 0 Å². The molecule has 1 aliphatic carbocycles. The normalized spacial score (nSPS) is 21.6. The summed E-state index contributed by atoms with van der Waals surface area (Å²) in [5.41, 5.74) is 6.36. The molecule has 0 unspecified atom stereocenters. The topological polar surface area (TPSA) is 94.3 Å². The molecule has 114 valence electrons. The maximum atomic E-state index is 12.1. The Labute approximate surface area is 124 Å². The van der Waals surface area contributed by atoms with E-state index in [9.17, 15) is 9.59 Å². The first-order chi connectivity index (χ1) is 10.1. The molecule has 0 radical (unpaired) electrons. The van der Waals surface area contributed by atoms with Crippen LogP contribution in [-0.4, -0.2) is 29.5 Å². The van der Waals surface area contributed by atoms with Crippen molar-refractivity contribution >= 4 is 17.6 Å². The highest BCUT2D eigenvalue weighted by Gasteiger charge is 2.28. The molecule has 1 fully saturated rings. The van der Waals surface area contributed by atoms with Crippen molar-refractivity contribution in [2.45, 2.75) is 38.6 Å². The fourth-order valence-electron chi connectivity index (χ4n) is 2.59. The predicted octanol–water partition coefficient (Wildman–Crippen LogP) is 1.52. The van der Waals surface area contributed by atoms with Crippen LogP contribution in [0.25, 0.3) is 0 Å². The number of anilines is 1. The molecule has 6 nitrogen and oxygen atoms in total. The average molecular weight is 291 g/mol. The number of amides is 1. The summed E-state index contributed by atoms with van der Waals surface area (Å²) < 4.78 is 5.03. The minimum absolute atomic E-state index is 0.0435. The molecule has 1 heterocycles. The molecule has 0 aliphatic heterocycles. The van der Waals surface area contributed by atoms with E-state index in [0.717, 1.165) is 25.7 Å². The number of rotatable bonds is 4. The van der Waals surface area contributed by atoms with Gasteiger partial charge in [-0.15, -0.1) is 0 Å². The van der Waals surface area contributed by atoms with E-state index < -0.39 is 0 Å². The van der Waals surface area contributed by atoms with Gasteiger partial charge in [0.2, 0.25) is 0 Å².